The molecule has 0 aromatic heterocycles. The zero-order chi connectivity index (χ0) is 23.1. The second-order valence-electron chi connectivity index (χ2n) is 7.93. The van der Waals surface area contributed by atoms with Crippen LogP contribution in [0.15, 0.2) is 79.4 Å². The lowest BCUT2D eigenvalue weighted by atomic mass is 9.83. The Hall–Kier alpha value is -3.22. The molecule has 2 amide bonds. The lowest BCUT2D eigenvalue weighted by Gasteiger charge is -2.27. The molecule has 0 spiro atoms. The number of carbonyl (C=O) groups is 2. The van der Waals surface area contributed by atoms with E-state index < -0.39 is 17.4 Å². The molecule has 6 nitrogen and oxygen atoms in total. The van der Waals surface area contributed by atoms with Crippen LogP contribution in [0.25, 0.3) is 0 Å². The maximum Gasteiger partial charge on any atom is 0.264 e. The summed E-state index contributed by atoms with van der Waals surface area (Å²) in [5.41, 5.74) is 0.513. The van der Waals surface area contributed by atoms with Crippen molar-refractivity contribution in [1.29, 1.82) is 0 Å². The summed E-state index contributed by atoms with van der Waals surface area (Å²) in [4.78, 5) is 29.0. The third-order valence-electron chi connectivity index (χ3n) is 5.80. The number of para-hydroxylation sites is 1. The number of benzene rings is 2. The van der Waals surface area contributed by atoms with E-state index in [2.05, 4.69) is 6.58 Å². The summed E-state index contributed by atoms with van der Waals surface area (Å²) in [6.07, 6.45) is 5.14. The van der Waals surface area contributed by atoms with E-state index in [9.17, 15) is 19.8 Å². The van der Waals surface area contributed by atoms with E-state index in [1.54, 1.807) is 42.2 Å². The van der Waals surface area contributed by atoms with Gasteiger partial charge in [0.05, 0.1) is 12.3 Å². The van der Waals surface area contributed by atoms with Crippen LogP contribution >= 0.6 is 0 Å². The van der Waals surface area contributed by atoms with Crippen LogP contribution in [0.4, 0.5) is 5.69 Å². The van der Waals surface area contributed by atoms with Crippen molar-refractivity contribution in [2.75, 3.05) is 24.6 Å². The molecular formula is C26H30N2O4. The van der Waals surface area contributed by atoms with Crippen LogP contribution in [-0.2, 0) is 21.7 Å². The van der Waals surface area contributed by atoms with Gasteiger partial charge in [-0.1, -0.05) is 73.7 Å². The predicted molar refractivity (Wildman–Crippen MR) is 125 cm³/mol. The normalized spacial score (nSPS) is 18.6. The van der Waals surface area contributed by atoms with E-state index in [-0.39, 0.29) is 25.5 Å². The van der Waals surface area contributed by atoms with Crippen LogP contribution in [-0.4, -0.2) is 46.6 Å². The summed E-state index contributed by atoms with van der Waals surface area (Å²) >= 11 is 0. The Labute approximate surface area is 189 Å². The summed E-state index contributed by atoms with van der Waals surface area (Å²) < 4.78 is 0. The van der Waals surface area contributed by atoms with Crippen LogP contribution in [0.1, 0.15) is 24.5 Å². The van der Waals surface area contributed by atoms with Crippen LogP contribution in [0.3, 0.4) is 0 Å². The number of anilines is 1. The van der Waals surface area contributed by atoms with Crippen molar-refractivity contribution in [2.24, 2.45) is 5.92 Å². The lowest BCUT2D eigenvalue weighted by Crippen LogP contribution is -2.44. The molecule has 1 heterocycles. The first-order valence-corrected chi connectivity index (χ1v) is 10.8. The number of nitrogens with zero attached hydrogens (tertiary/aromatic N) is 2. The van der Waals surface area contributed by atoms with Gasteiger partial charge in [0, 0.05) is 37.5 Å². The van der Waals surface area contributed by atoms with Gasteiger partial charge in [-0.3, -0.25) is 9.59 Å². The van der Waals surface area contributed by atoms with Gasteiger partial charge in [0.25, 0.3) is 5.91 Å². The molecule has 2 aromatic rings. The van der Waals surface area contributed by atoms with E-state index in [4.69, 9.17) is 0 Å². The van der Waals surface area contributed by atoms with Gasteiger partial charge in [0.2, 0.25) is 5.91 Å². The van der Waals surface area contributed by atoms with Gasteiger partial charge in [-0.05, 0) is 11.6 Å². The van der Waals surface area contributed by atoms with Gasteiger partial charge >= 0.3 is 0 Å². The number of amides is 2. The standard InChI is InChI=1S/C26H30N2O4/c1-3-16-28-23-14-8-7-13-22(23)26(32,25(28)31)20(2)10-9-15-24(30)27(17-18-29)19-21-11-5-4-6-12-21/h3-14,20,29,32H,1,15-19H2,2H3/b10-9+/t20-,26+/m1/s1. The van der Waals surface area contributed by atoms with E-state index in [1.165, 1.54) is 4.90 Å². The molecule has 168 valence electrons. The average molecular weight is 435 g/mol. The molecule has 0 fully saturated rings. The molecule has 2 aromatic carbocycles. The fraction of sp³-hybridized carbons (Fsp3) is 0.308. The Morgan fingerprint density at radius 1 is 1.19 bits per heavy atom. The number of hydrogen-bond donors (Lipinski definition) is 2. The molecule has 1 aliphatic rings. The maximum absolute atomic E-state index is 13.1. The average Bonchev–Trinajstić information content (AvgIpc) is 3.02. The fourth-order valence-corrected chi connectivity index (χ4v) is 4.07. The van der Waals surface area contributed by atoms with Crippen molar-refractivity contribution >= 4 is 17.5 Å². The van der Waals surface area contributed by atoms with E-state index in [0.29, 0.717) is 24.3 Å². The Morgan fingerprint density at radius 3 is 2.56 bits per heavy atom. The number of aliphatic hydroxyl groups is 2. The highest BCUT2D eigenvalue weighted by atomic mass is 16.3. The second kappa shape index (κ2) is 10.4. The summed E-state index contributed by atoms with van der Waals surface area (Å²) in [6, 6.07) is 16.8. The summed E-state index contributed by atoms with van der Waals surface area (Å²) in [5.74, 6) is -1.07. The molecule has 0 radical (unpaired) electrons. The van der Waals surface area contributed by atoms with E-state index in [0.717, 1.165) is 5.56 Å². The van der Waals surface area contributed by atoms with Gasteiger partial charge in [0.15, 0.2) is 5.60 Å². The van der Waals surface area contributed by atoms with Gasteiger partial charge in [0.1, 0.15) is 0 Å². The van der Waals surface area contributed by atoms with Crippen molar-refractivity contribution in [2.45, 2.75) is 25.5 Å². The molecule has 2 N–H and O–H groups in total. The highest BCUT2D eigenvalue weighted by Crippen LogP contribution is 2.44. The van der Waals surface area contributed by atoms with Crippen molar-refractivity contribution < 1.29 is 19.8 Å². The first-order chi connectivity index (χ1) is 15.4. The summed E-state index contributed by atoms with van der Waals surface area (Å²) in [5, 5.41) is 20.8. The molecule has 1 aliphatic heterocycles. The number of carbonyl (C=O) groups excluding carboxylic acids is 2. The molecule has 0 bridgehead atoms. The highest BCUT2D eigenvalue weighted by molar-refractivity contribution is 6.07. The minimum absolute atomic E-state index is 0.111. The number of fused-ring (bicyclic) bond motifs is 1. The Bertz CT molecular complexity index is 988. The van der Waals surface area contributed by atoms with Gasteiger partial charge in [-0.15, -0.1) is 6.58 Å². The minimum atomic E-state index is -1.70. The van der Waals surface area contributed by atoms with Gasteiger partial charge < -0.3 is 20.0 Å². The Kier molecular flexibility index (Phi) is 7.62. The van der Waals surface area contributed by atoms with Crippen molar-refractivity contribution in [3.05, 3.63) is 90.5 Å². The van der Waals surface area contributed by atoms with Gasteiger partial charge in [-0.25, -0.2) is 0 Å². The van der Waals surface area contributed by atoms with E-state index >= 15 is 0 Å². The third-order valence-corrected chi connectivity index (χ3v) is 5.80. The smallest absolute Gasteiger partial charge is 0.264 e. The van der Waals surface area contributed by atoms with Crippen LogP contribution in [0.5, 0.6) is 0 Å². The monoisotopic (exact) mass is 434 g/mol. The maximum atomic E-state index is 13.1. The molecule has 2 atom stereocenters. The molecule has 0 aliphatic carbocycles. The van der Waals surface area contributed by atoms with E-state index in [1.807, 2.05) is 42.5 Å². The molecule has 0 saturated carbocycles. The SMILES string of the molecule is C=CCN1C(=O)[C@](O)([C@H](C)/C=C/CC(=O)N(CCO)Cc2ccccc2)c2ccccc21. The zero-order valence-electron chi connectivity index (χ0n) is 18.4. The second-order valence-corrected chi connectivity index (χ2v) is 7.93. The first kappa shape index (κ1) is 23.4. The molecule has 32 heavy (non-hydrogen) atoms. The lowest BCUT2D eigenvalue weighted by molar-refractivity contribution is -0.139. The van der Waals surface area contributed by atoms with Crippen LogP contribution < -0.4 is 4.90 Å². The first-order valence-electron chi connectivity index (χ1n) is 10.8. The Morgan fingerprint density at radius 2 is 1.88 bits per heavy atom. The van der Waals surface area contributed by atoms with Gasteiger partial charge in [-0.2, -0.15) is 0 Å². The van der Waals surface area contributed by atoms with Crippen molar-refractivity contribution in [1.82, 2.24) is 4.90 Å². The van der Waals surface area contributed by atoms with Crippen molar-refractivity contribution in [3.63, 3.8) is 0 Å². The minimum Gasteiger partial charge on any atom is -0.395 e. The summed E-state index contributed by atoms with van der Waals surface area (Å²) in [6.45, 7) is 6.31. The number of aliphatic hydroxyl groups excluding tert-OH is 1. The molecular weight excluding hydrogens is 404 g/mol. The molecule has 0 saturated heterocycles. The zero-order valence-corrected chi connectivity index (χ0v) is 18.4. The number of hydrogen-bond acceptors (Lipinski definition) is 4. The third kappa shape index (κ3) is 4.66. The van der Waals surface area contributed by atoms with Crippen LogP contribution in [0.2, 0.25) is 0 Å². The fourth-order valence-electron chi connectivity index (χ4n) is 4.07. The van der Waals surface area contributed by atoms with Crippen LogP contribution in [0, 0.1) is 5.92 Å². The quantitative estimate of drug-likeness (QED) is 0.564. The Balaban J connectivity index is 1.72. The molecule has 0 unspecified atom stereocenters. The summed E-state index contributed by atoms with van der Waals surface area (Å²) in [7, 11) is 0. The topological polar surface area (TPSA) is 81.1 Å². The number of rotatable bonds is 10. The highest BCUT2D eigenvalue weighted by Gasteiger charge is 2.51. The predicted octanol–water partition coefficient (Wildman–Crippen LogP) is 3.01. The molecule has 6 heteroatoms. The largest absolute Gasteiger partial charge is 0.395 e. The molecule has 3 rings (SSSR count). The van der Waals surface area contributed by atoms with Crippen molar-refractivity contribution in [3.8, 4) is 0 Å².